The second-order valence-corrected chi connectivity index (χ2v) is 7.03. The van der Waals surface area contributed by atoms with Crippen molar-refractivity contribution in [3.63, 3.8) is 0 Å². The molecule has 1 aliphatic carbocycles. The van der Waals surface area contributed by atoms with Crippen molar-refractivity contribution in [2.75, 3.05) is 24.1 Å². The number of anilines is 1. The molecule has 0 atom stereocenters. The van der Waals surface area contributed by atoms with Crippen molar-refractivity contribution in [2.45, 2.75) is 32.2 Å². The van der Waals surface area contributed by atoms with E-state index in [1.807, 2.05) is 6.92 Å². The minimum absolute atomic E-state index is 0.137. The number of nitrogens with one attached hydrogen (secondary N) is 2. The maximum absolute atomic E-state index is 12.0. The van der Waals surface area contributed by atoms with E-state index in [-0.39, 0.29) is 5.75 Å². The van der Waals surface area contributed by atoms with E-state index in [2.05, 4.69) is 10.0 Å². The Morgan fingerprint density at radius 3 is 2.70 bits per heavy atom. The molecule has 1 aromatic carbocycles. The van der Waals surface area contributed by atoms with Gasteiger partial charge in [-0.2, -0.15) is 0 Å². The van der Waals surface area contributed by atoms with Crippen LogP contribution in [0.1, 0.15) is 24.8 Å². The highest BCUT2D eigenvalue weighted by Crippen LogP contribution is 2.22. The third kappa shape index (κ3) is 4.68. The molecule has 6 heteroatoms. The molecule has 0 amide bonds. The quantitative estimate of drug-likeness (QED) is 0.719. The number of hydrogen-bond acceptors (Lipinski definition) is 4. The highest BCUT2D eigenvalue weighted by Gasteiger charge is 2.20. The number of benzene rings is 1. The van der Waals surface area contributed by atoms with Gasteiger partial charge in [0.1, 0.15) is 5.75 Å². The summed E-state index contributed by atoms with van der Waals surface area (Å²) in [6, 6.07) is 5.88. The van der Waals surface area contributed by atoms with Crippen LogP contribution in [0.3, 0.4) is 0 Å². The van der Waals surface area contributed by atoms with Gasteiger partial charge in [-0.3, -0.25) is 4.72 Å². The lowest BCUT2D eigenvalue weighted by Crippen LogP contribution is -2.23. The van der Waals surface area contributed by atoms with Crippen molar-refractivity contribution in [2.24, 2.45) is 0 Å². The molecule has 0 heterocycles. The first kappa shape index (κ1) is 15.1. The van der Waals surface area contributed by atoms with Crippen molar-refractivity contribution in [3.8, 4) is 5.75 Å². The molecule has 0 unspecified atom stereocenters. The third-order valence-corrected chi connectivity index (χ3v) is 4.64. The molecular formula is C14H22N2O3S. The number of rotatable bonds is 8. The fourth-order valence-electron chi connectivity index (χ4n) is 2.03. The van der Waals surface area contributed by atoms with Crippen molar-refractivity contribution < 1.29 is 13.2 Å². The van der Waals surface area contributed by atoms with E-state index in [0.29, 0.717) is 18.2 Å². The lowest BCUT2D eigenvalue weighted by atomic mass is 10.2. The normalized spacial score (nSPS) is 15.1. The van der Waals surface area contributed by atoms with Crippen LogP contribution in [0.25, 0.3) is 0 Å². The summed E-state index contributed by atoms with van der Waals surface area (Å²) in [7, 11) is -1.68. The zero-order chi connectivity index (χ0) is 14.6. The molecule has 2 rings (SSSR count). The van der Waals surface area contributed by atoms with Gasteiger partial charge in [-0.25, -0.2) is 8.42 Å². The van der Waals surface area contributed by atoms with E-state index in [1.165, 1.54) is 12.8 Å². The Bertz CT molecular complexity index is 554. The first-order valence-electron chi connectivity index (χ1n) is 6.89. The summed E-state index contributed by atoms with van der Waals surface area (Å²) in [6.45, 7) is 2.64. The predicted octanol–water partition coefficient (Wildman–Crippen LogP) is 1.89. The molecule has 0 radical (unpaired) electrons. The largest absolute Gasteiger partial charge is 0.496 e. The molecule has 112 valence electrons. The highest BCUT2D eigenvalue weighted by atomic mass is 32.2. The Labute approximate surface area is 120 Å². The Morgan fingerprint density at radius 1 is 1.35 bits per heavy atom. The molecule has 0 saturated heterocycles. The van der Waals surface area contributed by atoms with E-state index in [1.54, 1.807) is 25.3 Å². The van der Waals surface area contributed by atoms with Crippen molar-refractivity contribution in [1.82, 2.24) is 5.32 Å². The smallest absolute Gasteiger partial charge is 0.232 e. The van der Waals surface area contributed by atoms with Crippen LogP contribution in [0, 0.1) is 6.92 Å². The van der Waals surface area contributed by atoms with Crippen LogP contribution < -0.4 is 14.8 Å². The zero-order valence-electron chi connectivity index (χ0n) is 12.0. The van der Waals surface area contributed by atoms with Crippen LogP contribution in [0.15, 0.2) is 18.2 Å². The van der Waals surface area contributed by atoms with Gasteiger partial charge in [0.05, 0.1) is 12.9 Å². The molecule has 0 spiro atoms. The first-order chi connectivity index (χ1) is 9.50. The molecule has 1 fully saturated rings. The topological polar surface area (TPSA) is 67.4 Å². The summed E-state index contributed by atoms with van der Waals surface area (Å²) in [4.78, 5) is 0. The van der Waals surface area contributed by atoms with Crippen molar-refractivity contribution in [3.05, 3.63) is 23.8 Å². The maximum Gasteiger partial charge on any atom is 0.232 e. The molecule has 0 aromatic heterocycles. The van der Waals surface area contributed by atoms with Crippen LogP contribution >= 0.6 is 0 Å². The fourth-order valence-corrected chi connectivity index (χ4v) is 3.14. The molecule has 1 aromatic rings. The van der Waals surface area contributed by atoms with Crippen LogP contribution in [-0.2, 0) is 10.0 Å². The molecule has 2 N–H and O–H groups in total. The Hall–Kier alpha value is -1.27. The van der Waals surface area contributed by atoms with Gasteiger partial charge in [0.15, 0.2) is 0 Å². The lowest BCUT2D eigenvalue weighted by molar-refractivity contribution is 0.412. The second kappa shape index (κ2) is 6.45. The van der Waals surface area contributed by atoms with E-state index < -0.39 is 10.0 Å². The summed E-state index contributed by atoms with van der Waals surface area (Å²) in [5, 5.41) is 3.31. The van der Waals surface area contributed by atoms with E-state index in [0.717, 1.165) is 17.9 Å². The maximum atomic E-state index is 12.0. The second-order valence-electron chi connectivity index (χ2n) is 5.19. The van der Waals surface area contributed by atoms with E-state index >= 15 is 0 Å². The summed E-state index contributed by atoms with van der Waals surface area (Å²) in [5.41, 5.74) is 1.49. The summed E-state index contributed by atoms with van der Waals surface area (Å²) in [6.07, 6.45) is 3.06. The van der Waals surface area contributed by atoms with Gasteiger partial charge in [0, 0.05) is 11.7 Å². The number of sulfonamides is 1. The number of ether oxygens (including phenoxy) is 1. The SMILES string of the molecule is COc1ccc(NS(=O)(=O)CCCNC2CC2)cc1C. The van der Waals surface area contributed by atoms with Gasteiger partial charge in [-0.1, -0.05) is 0 Å². The van der Waals surface area contributed by atoms with Gasteiger partial charge in [0.2, 0.25) is 10.0 Å². The molecule has 20 heavy (non-hydrogen) atoms. The third-order valence-electron chi connectivity index (χ3n) is 3.27. The molecule has 1 saturated carbocycles. The Kier molecular flexibility index (Phi) is 4.88. The average molecular weight is 298 g/mol. The molecule has 0 aliphatic heterocycles. The lowest BCUT2D eigenvalue weighted by Gasteiger charge is -2.10. The molecule has 5 nitrogen and oxygen atoms in total. The van der Waals surface area contributed by atoms with Crippen molar-refractivity contribution in [1.29, 1.82) is 0 Å². The number of hydrogen-bond donors (Lipinski definition) is 2. The monoisotopic (exact) mass is 298 g/mol. The van der Waals surface area contributed by atoms with Gasteiger partial charge < -0.3 is 10.1 Å². The Balaban J connectivity index is 1.84. The van der Waals surface area contributed by atoms with Gasteiger partial charge in [-0.05, 0) is 56.5 Å². The standard InChI is InChI=1S/C14H22N2O3S/c1-11-10-13(6-7-14(11)19-2)16-20(17,18)9-3-8-15-12-4-5-12/h6-7,10,12,15-16H,3-5,8-9H2,1-2H3. The fraction of sp³-hybridized carbons (Fsp3) is 0.571. The summed E-state index contributed by atoms with van der Waals surface area (Å²) in [5.74, 6) is 0.888. The predicted molar refractivity (Wildman–Crippen MR) is 80.8 cm³/mol. The zero-order valence-corrected chi connectivity index (χ0v) is 12.8. The van der Waals surface area contributed by atoms with Gasteiger partial charge in [-0.15, -0.1) is 0 Å². The number of aryl methyl sites for hydroxylation is 1. The van der Waals surface area contributed by atoms with Crippen LogP contribution in [0.5, 0.6) is 5.75 Å². The minimum atomic E-state index is -3.28. The molecule has 1 aliphatic rings. The minimum Gasteiger partial charge on any atom is -0.496 e. The van der Waals surface area contributed by atoms with Crippen LogP contribution in [0.2, 0.25) is 0 Å². The molecular weight excluding hydrogens is 276 g/mol. The number of methoxy groups -OCH3 is 1. The van der Waals surface area contributed by atoms with Crippen LogP contribution in [0.4, 0.5) is 5.69 Å². The van der Waals surface area contributed by atoms with Crippen LogP contribution in [-0.4, -0.2) is 33.9 Å². The van der Waals surface area contributed by atoms with E-state index in [4.69, 9.17) is 4.74 Å². The molecule has 0 bridgehead atoms. The van der Waals surface area contributed by atoms with E-state index in [9.17, 15) is 8.42 Å². The highest BCUT2D eigenvalue weighted by molar-refractivity contribution is 7.92. The first-order valence-corrected chi connectivity index (χ1v) is 8.54. The average Bonchev–Trinajstić information content (AvgIpc) is 3.18. The van der Waals surface area contributed by atoms with Gasteiger partial charge in [0.25, 0.3) is 0 Å². The Morgan fingerprint density at radius 2 is 2.10 bits per heavy atom. The van der Waals surface area contributed by atoms with Gasteiger partial charge >= 0.3 is 0 Å². The summed E-state index contributed by atoms with van der Waals surface area (Å²) < 4.78 is 31.7. The van der Waals surface area contributed by atoms with Crippen molar-refractivity contribution >= 4 is 15.7 Å². The summed E-state index contributed by atoms with van der Waals surface area (Å²) >= 11 is 0.